The predicted molar refractivity (Wildman–Crippen MR) is 126 cm³/mol. The summed E-state index contributed by atoms with van der Waals surface area (Å²) in [6, 6.07) is 9.13. The minimum absolute atomic E-state index is 0.0424. The number of methoxy groups -OCH3 is 1. The Kier molecular flexibility index (Phi) is 7.38. The molecule has 0 aliphatic heterocycles. The summed E-state index contributed by atoms with van der Waals surface area (Å²) in [6.45, 7) is 1.90. The largest absolute Gasteiger partial charge is 0.504 e. The molecule has 0 spiro atoms. The molecule has 3 heterocycles. The number of hydrogen-bond donors (Lipinski definition) is 3. The van der Waals surface area contributed by atoms with Gasteiger partial charge in [-0.05, 0) is 43.2 Å². The minimum Gasteiger partial charge on any atom is -0.504 e. The summed E-state index contributed by atoms with van der Waals surface area (Å²) >= 11 is 0. The van der Waals surface area contributed by atoms with E-state index >= 15 is 0 Å². The molecule has 1 amide bonds. The van der Waals surface area contributed by atoms with Gasteiger partial charge < -0.3 is 33.6 Å². The van der Waals surface area contributed by atoms with Crippen LogP contribution in [0.3, 0.4) is 0 Å². The lowest BCUT2D eigenvalue weighted by Crippen LogP contribution is -2.27. The number of hydrogen-bond acceptors (Lipinski definition) is 10. The van der Waals surface area contributed by atoms with Crippen LogP contribution in [0.25, 0.3) is 11.6 Å². The molecule has 11 nitrogen and oxygen atoms in total. The van der Waals surface area contributed by atoms with Gasteiger partial charge in [-0.15, -0.1) is 0 Å². The number of aromatic hydroxyl groups is 2. The van der Waals surface area contributed by atoms with Crippen LogP contribution in [0, 0.1) is 6.92 Å². The molecule has 1 unspecified atom stereocenters. The van der Waals surface area contributed by atoms with E-state index in [1.807, 2.05) is 0 Å². The summed E-state index contributed by atoms with van der Waals surface area (Å²) in [6.07, 6.45) is 2.37. The zero-order chi connectivity index (χ0) is 25.7. The first kappa shape index (κ1) is 24.6. The summed E-state index contributed by atoms with van der Waals surface area (Å²) in [5, 5.41) is 27.0. The van der Waals surface area contributed by atoms with Crippen molar-refractivity contribution in [3.63, 3.8) is 0 Å². The van der Waals surface area contributed by atoms with E-state index in [-0.39, 0.29) is 35.3 Å². The Hall–Kier alpha value is -4.54. The van der Waals surface area contributed by atoms with Gasteiger partial charge in [-0.1, -0.05) is 11.2 Å². The summed E-state index contributed by atoms with van der Waals surface area (Å²) in [5.41, 5.74) is -0.0986. The number of benzene rings is 1. The van der Waals surface area contributed by atoms with Crippen molar-refractivity contribution in [2.24, 2.45) is 0 Å². The van der Waals surface area contributed by atoms with Gasteiger partial charge in [-0.3, -0.25) is 9.59 Å². The van der Waals surface area contributed by atoms with Gasteiger partial charge in [-0.25, -0.2) is 0 Å². The molecular formula is C25H25N3O8. The SMILES string of the molecule is COc1cc(C(CC(=O)NCCCc2nc(-c3ccco3)no2)c2oc(C)cc(=O)c2O)ccc1O. The van der Waals surface area contributed by atoms with E-state index in [9.17, 15) is 19.8 Å². The Morgan fingerprint density at radius 3 is 2.81 bits per heavy atom. The third-order valence-corrected chi connectivity index (χ3v) is 5.48. The molecule has 0 saturated carbocycles. The second kappa shape index (κ2) is 10.8. The Bertz CT molecular complexity index is 1390. The van der Waals surface area contributed by atoms with Crippen molar-refractivity contribution in [2.45, 2.75) is 32.1 Å². The Morgan fingerprint density at radius 2 is 2.06 bits per heavy atom. The average Bonchev–Trinajstić information content (AvgIpc) is 3.55. The quantitative estimate of drug-likeness (QED) is 0.278. The number of aryl methyl sites for hydroxylation is 2. The molecule has 36 heavy (non-hydrogen) atoms. The van der Waals surface area contributed by atoms with Crippen molar-refractivity contribution in [3.05, 3.63) is 75.9 Å². The number of phenols is 1. The molecule has 0 bridgehead atoms. The Morgan fingerprint density at radius 1 is 1.22 bits per heavy atom. The van der Waals surface area contributed by atoms with E-state index in [0.717, 1.165) is 0 Å². The van der Waals surface area contributed by atoms with Gasteiger partial charge in [0.25, 0.3) is 0 Å². The maximum absolute atomic E-state index is 12.8. The molecule has 0 saturated heterocycles. The lowest BCUT2D eigenvalue weighted by Gasteiger charge is -2.19. The molecule has 4 rings (SSSR count). The van der Waals surface area contributed by atoms with Crippen molar-refractivity contribution in [3.8, 4) is 28.8 Å². The molecular weight excluding hydrogens is 470 g/mol. The predicted octanol–water partition coefficient (Wildman–Crippen LogP) is 3.28. The highest BCUT2D eigenvalue weighted by molar-refractivity contribution is 5.77. The number of carbonyl (C=O) groups excluding carboxylic acids is 1. The molecule has 3 N–H and O–H groups in total. The van der Waals surface area contributed by atoms with Gasteiger partial charge in [0.15, 0.2) is 23.0 Å². The molecule has 11 heteroatoms. The lowest BCUT2D eigenvalue weighted by atomic mass is 9.91. The summed E-state index contributed by atoms with van der Waals surface area (Å²) in [7, 11) is 1.39. The molecule has 4 aromatic rings. The van der Waals surface area contributed by atoms with Gasteiger partial charge in [-0.2, -0.15) is 4.98 Å². The molecule has 0 aliphatic rings. The van der Waals surface area contributed by atoms with Gasteiger partial charge in [0.2, 0.25) is 28.8 Å². The van der Waals surface area contributed by atoms with E-state index in [1.165, 1.54) is 31.6 Å². The smallest absolute Gasteiger partial charge is 0.238 e. The van der Waals surface area contributed by atoms with Crippen molar-refractivity contribution >= 4 is 5.91 Å². The fourth-order valence-corrected chi connectivity index (χ4v) is 3.72. The van der Waals surface area contributed by atoms with Crippen molar-refractivity contribution in [1.82, 2.24) is 15.5 Å². The van der Waals surface area contributed by atoms with Crippen LogP contribution in [0.2, 0.25) is 0 Å². The average molecular weight is 495 g/mol. The van der Waals surface area contributed by atoms with E-state index < -0.39 is 17.1 Å². The van der Waals surface area contributed by atoms with Gasteiger partial charge >= 0.3 is 0 Å². The third-order valence-electron chi connectivity index (χ3n) is 5.48. The standard InChI is InChI=1S/C25H25N3O8/c1-14-11-18(30)23(32)24(35-14)16(15-7-8-17(29)20(12-15)33-2)13-21(31)26-9-3-6-22-27-25(28-36-22)19-5-4-10-34-19/h4-5,7-8,10-12,16,29,32H,3,6,9,13H2,1-2H3,(H,26,31). The number of phenolic OH excluding ortho intramolecular Hbond substituents is 1. The van der Waals surface area contributed by atoms with Crippen LogP contribution < -0.4 is 15.5 Å². The number of ether oxygens (including phenoxy) is 1. The second-order valence-electron chi connectivity index (χ2n) is 8.06. The monoisotopic (exact) mass is 495 g/mol. The fourth-order valence-electron chi connectivity index (χ4n) is 3.72. The first-order valence-electron chi connectivity index (χ1n) is 11.2. The summed E-state index contributed by atoms with van der Waals surface area (Å²) in [4.78, 5) is 29.3. The first-order chi connectivity index (χ1) is 17.4. The number of nitrogens with zero attached hydrogens (tertiary/aromatic N) is 2. The summed E-state index contributed by atoms with van der Waals surface area (Å²) < 4.78 is 21.3. The Balaban J connectivity index is 1.44. The van der Waals surface area contributed by atoms with Gasteiger partial charge in [0.05, 0.1) is 19.3 Å². The lowest BCUT2D eigenvalue weighted by molar-refractivity contribution is -0.121. The molecule has 188 valence electrons. The second-order valence-corrected chi connectivity index (χ2v) is 8.06. The highest BCUT2D eigenvalue weighted by Crippen LogP contribution is 2.37. The van der Waals surface area contributed by atoms with Crippen molar-refractivity contribution in [2.75, 3.05) is 13.7 Å². The normalized spacial score (nSPS) is 11.8. The number of carbonyl (C=O) groups is 1. The molecule has 0 fully saturated rings. The minimum atomic E-state index is -0.807. The Labute approximate surface area is 205 Å². The van der Waals surface area contributed by atoms with Crippen LogP contribution in [0.1, 0.15) is 41.7 Å². The van der Waals surface area contributed by atoms with Gasteiger partial charge in [0.1, 0.15) is 5.76 Å². The van der Waals surface area contributed by atoms with Crippen LogP contribution in [0.4, 0.5) is 0 Å². The van der Waals surface area contributed by atoms with Crippen LogP contribution >= 0.6 is 0 Å². The molecule has 1 atom stereocenters. The molecule has 0 radical (unpaired) electrons. The number of amides is 1. The number of furan rings is 1. The highest BCUT2D eigenvalue weighted by atomic mass is 16.5. The number of nitrogens with one attached hydrogen (secondary N) is 1. The first-order valence-corrected chi connectivity index (χ1v) is 11.2. The summed E-state index contributed by atoms with van der Waals surface area (Å²) in [5.74, 6) is -0.110. The van der Waals surface area contributed by atoms with E-state index in [2.05, 4.69) is 15.5 Å². The molecule has 0 aliphatic carbocycles. The van der Waals surface area contributed by atoms with Crippen LogP contribution in [0.5, 0.6) is 17.2 Å². The fraction of sp³-hybridized carbons (Fsp3) is 0.280. The topological polar surface area (TPSA) is 161 Å². The van der Waals surface area contributed by atoms with Crippen molar-refractivity contribution < 1.29 is 33.1 Å². The maximum atomic E-state index is 12.8. The third kappa shape index (κ3) is 5.57. The number of rotatable bonds is 10. The van der Waals surface area contributed by atoms with Crippen LogP contribution in [0.15, 0.2) is 60.8 Å². The van der Waals surface area contributed by atoms with Crippen LogP contribution in [-0.2, 0) is 11.2 Å². The zero-order valence-electron chi connectivity index (χ0n) is 19.7. The maximum Gasteiger partial charge on any atom is 0.238 e. The van der Waals surface area contributed by atoms with E-state index in [1.54, 1.807) is 25.1 Å². The van der Waals surface area contributed by atoms with Crippen molar-refractivity contribution in [1.29, 1.82) is 0 Å². The number of aromatic nitrogens is 2. The van der Waals surface area contributed by atoms with E-state index in [4.69, 9.17) is 18.1 Å². The molecule has 1 aromatic carbocycles. The van der Waals surface area contributed by atoms with Gasteiger partial charge in [0, 0.05) is 25.5 Å². The molecule has 3 aromatic heterocycles. The van der Waals surface area contributed by atoms with E-state index in [0.29, 0.717) is 42.4 Å². The zero-order valence-corrected chi connectivity index (χ0v) is 19.7. The highest BCUT2D eigenvalue weighted by Gasteiger charge is 2.26. The van der Waals surface area contributed by atoms with Crippen LogP contribution in [-0.4, -0.2) is 39.9 Å².